The summed E-state index contributed by atoms with van der Waals surface area (Å²) in [7, 11) is 0. The summed E-state index contributed by atoms with van der Waals surface area (Å²) in [5.74, 6) is -0.474. The number of amides is 1. The van der Waals surface area contributed by atoms with Crippen LogP contribution in [0.5, 0.6) is 0 Å². The van der Waals surface area contributed by atoms with Gasteiger partial charge in [0.25, 0.3) is 0 Å². The van der Waals surface area contributed by atoms with Gasteiger partial charge in [-0.2, -0.15) is 0 Å². The van der Waals surface area contributed by atoms with Gasteiger partial charge in [-0.25, -0.2) is 4.39 Å². The number of halogens is 1. The molecule has 0 radical (unpaired) electrons. The number of carbonyl (C=O) groups excluding carboxylic acids is 1. The molecule has 1 saturated heterocycles. The summed E-state index contributed by atoms with van der Waals surface area (Å²) in [6.45, 7) is 4.73. The molecule has 1 aromatic rings. The Kier molecular flexibility index (Phi) is 3.97. The number of piperidine rings is 1. The van der Waals surface area contributed by atoms with Crippen LogP contribution < -0.4 is 10.6 Å². The van der Waals surface area contributed by atoms with E-state index in [9.17, 15) is 9.18 Å². The van der Waals surface area contributed by atoms with E-state index in [0.717, 1.165) is 24.9 Å². The first-order valence-corrected chi connectivity index (χ1v) is 6.36. The van der Waals surface area contributed by atoms with Crippen molar-refractivity contribution in [3.63, 3.8) is 0 Å². The van der Waals surface area contributed by atoms with Crippen LogP contribution in [-0.4, -0.2) is 18.5 Å². The minimum absolute atomic E-state index is 0.0260. The van der Waals surface area contributed by atoms with Gasteiger partial charge < -0.3 is 10.6 Å². The van der Waals surface area contributed by atoms with Crippen molar-refractivity contribution in [1.82, 2.24) is 5.32 Å². The molecule has 1 aromatic carbocycles. The number of anilines is 1. The Balaban J connectivity index is 2.02. The van der Waals surface area contributed by atoms with Gasteiger partial charge in [0, 0.05) is 12.0 Å². The quantitative estimate of drug-likeness (QED) is 0.846. The molecule has 2 atom stereocenters. The SMILES string of the molecule is Cc1ccc(NC(=O)[C@H]2CCN[C@@H](C)C2)c(F)c1. The Morgan fingerprint density at radius 3 is 2.94 bits per heavy atom. The van der Waals surface area contributed by atoms with Gasteiger partial charge in [-0.05, 0) is 50.9 Å². The summed E-state index contributed by atoms with van der Waals surface area (Å²) in [5, 5.41) is 5.98. The van der Waals surface area contributed by atoms with E-state index in [0.29, 0.717) is 6.04 Å². The van der Waals surface area contributed by atoms with Crippen molar-refractivity contribution in [2.45, 2.75) is 32.7 Å². The molecule has 1 amide bonds. The van der Waals surface area contributed by atoms with Gasteiger partial charge in [-0.1, -0.05) is 6.07 Å². The first-order valence-electron chi connectivity index (χ1n) is 6.36. The fourth-order valence-electron chi connectivity index (χ4n) is 2.33. The standard InChI is InChI=1S/C14H19FN2O/c1-9-3-4-13(12(15)7-9)17-14(18)11-5-6-16-10(2)8-11/h3-4,7,10-11,16H,5-6,8H2,1-2H3,(H,17,18)/t10-,11-/m0/s1. The van der Waals surface area contributed by atoms with Crippen LogP contribution >= 0.6 is 0 Å². The van der Waals surface area contributed by atoms with E-state index < -0.39 is 0 Å². The number of benzene rings is 1. The largest absolute Gasteiger partial charge is 0.323 e. The molecule has 0 spiro atoms. The number of aryl methyl sites for hydroxylation is 1. The molecule has 2 rings (SSSR count). The van der Waals surface area contributed by atoms with E-state index in [4.69, 9.17) is 0 Å². The van der Waals surface area contributed by atoms with Crippen LogP contribution in [0.25, 0.3) is 0 Å². The van der Waals surface area contributed by atoms with Crippen molar-refractivity contribution in [1.29, 1.82) is 0 Å². The number of hydrogen-bond donors (Lipinski definition) is 2. The maximum atomic E-state index is 13.6. The Morgan fingerprint density at radius 1 is 1.50 bits per heavy atom. The third kappa shape index (κ3) is 3.07. The van der Waals surface area contributed by atoms with E-state index >= 15 is 0 Å². The molecule has 3 nitrogen and oxygen atoms in total. The number of rotatable bonds is 2. The van der Waals surface area contributed by atoms with Gasteiger partial charge in [-0.3, -0.25) is 4.79 Å². The first-order chi connectivity index (χ1) is 8.56. The zero-order valence-electron chi connectivity index (χ0n) is 10.8. The molecule has 0 unspecified atom stereocenters. The van der Waals surface area contributed by atoms with Gasteiger partial charge in [-0.15, -0.1) is 0 Å². The topological polar surface area (TPSA) is 41.1 Å². The Hall–Kier alpha value is -1.42. The molecule has 2 N–H and O–H groups in total. The molecule has 1 aliphatic heterocycles. The van der Waals surface area contributed by atoms with Crippen LogP contribution in [0.2, 0.25) is 0 Å². The van der Waals surface area contributed by atoms with Gasteiger partial charge in [0.15, 0.2) is 0 Å². The zero-order chi connectivity index (χ0) is 13.1. The van der Waals surface area contributed by atoms with E-state index in [1.54, 1.807) is 12.1 Å². The summed E-state index contributed by atoms with van der Waals surface area (Å²) >= 11 is 0. The molecule has 0 aromatic heterocycles. The minimum Gasteiger partial charge on any atom is -0.323 e. The molecule has 0 aliphatic carbocycles. The maximum absolute atomic E-state index is 13.6. The molecule has 98 valence electrons. The van der Waals surface area contributed by atoms with Crippen LogP contribution in [0.4, 0.5) is 10.1 Å². The van der Waals surface area contributed by atoms with Crippen molar-refractivity contribution in [2.75, 3.05) is 11.9 Å². The summed E-state index contributed by atoms with van der Waals surface area (Å²) in [6, 6.07) is 5.19. The smallest absolute Gasteiger partial charge is 0.227 e. The molecule has 0 bridgehead atoms. The first kappa shape index (κ1) is 13.0. The molecule has 0 saturated carbocycles. The normalized spacial score (nSPS) is 23.7. The Bertz CT molecular complexity index is 447. The monoisotopic (exact) mass is 250 g/mol. The van der Waals surface area contributed by atoms with E-state index in [-0.39, 0.29) is 23.3 Å². The second-order valence-corrected chi connectivity index (χ2v) is 5.05. The predicted molar refractivity (Wildman–Crippen MR) is 70.0 cm³/mol. The molecule has 1 aliphatic rings. The van der Waals surface area contributed by atoms with Crippen molar-refractivity contribution < 1.29 is 9.18 Å². The molecule has 4 heteroatoms. The van der Waals surface area contributed by atoms with Crippen molar-refractivity contribution in [2.24, 2.45) is 5.92 Å². The highest BCUT2D eigenvalue weighted by Crippen LogP contribution is 2.20. The lowest BCUT2D eigenvalue weighted by molar-refractivity contribution is -0.120. The summed E-state index contributed by atoms with van der Waals surface area (Å²) < 4.78 is 13.6. The third-order valence-corrected chi connectivity index (χ3v) is 3.38. The highest BCUT2D eigenvalue weighted by Gasteiger charge is 2.25. The zero-order valence-corrected chi connectivity index (χ0v) is 10.8. The molecular formula is C14H19FN2O. The van der Waals surface area contributed by atoms with Gasteiger partial charge in [0.2, 0.25) is 5.91 Å². The molecule has 1 heterocycles. The molecule has 1 fully saturated rings. The molecular weight excluding hydrogens is 231 g/mol. The van der Waals surface area contributed by atoms with E-state index in [2.05, 4.69) is 17.6 Å². The van der Waals surface area contributed by atoms with Crippen LogP contribution in [0.3, 0.4) is 0 Å². The van der Waals surface area contributed by atoms with Crippen LogP contribution in [0, 0.1) is 18.7 Å². The van der Waals surface area contributed by atoms with Gasteiger partial charge >= 0.3 is 0 Å². The fourth-order valence-corrected chi connectivity index (χ4v) is 2.33. The van der Waals surface area contributed by atoms with Gasteiger partial charge in [0.05, 0.1) is 5.69 Å². The Labute approximate surface area is 107 Å². The summed E-state index contributed by atoms with van der Waals surface area (Å²) in [6.07, 6.45) is 1.61. The maximum Gasteiger partial charge on any atom is 0.227 e. The number of nitrogens with one attached hydrogen (secondary N) is 2. The number of carbonyl (C=O) groups is 1. The van der Waals surface area contributed by atoms with Crippen molar-refractivity contribution in [3.8, 4) is 0 Å². The van der Waals surface area contributed by atoms with E-state index in [1.807, 2.05) is 6.92 Å². The minimum atomic E-state index is -0.370. The fraction of sp³-hybridized carbons (Fsp3) is 0.500. The lowest BCUT2D eigenvalue weighted by atomic mass is 9.92. The average molecular weight is 250 g/mol. The number of hydrogen-bond acceptors (Lipinski definition) is 2. The second kappa shape index (κ2) is 5.48. The van der Waals surface area contributed by atoms with Crippen LogP contribution in [0.1, 0.15) is 25.3 Å². The highest BCUT2D eigenvalue weighted by molar-refractivity contribution is 5.92. The summed E-state index contributed by atoms with van der Waals surface area (Å²) in [4.78, 5) is 12.0. The van der Waals surface area contributed by atoms with Crippen molar-refractivity contribution in [3.05, 3.63) is 29.6 Å². The predicted octanol–water partition coefficient (Wildman–Crippen LogP) is 2.46. The lowest BCUT2D eigenvalue weighted by Crippen LogP contribution is -2.40. The van der Waals surface area contributed by atoms with Gasteiger partial charge in [0.1, 0.15) is 5.82 Å². The average Bonchev–Trinajstić information content (AvgIpc) is 2.32. The van der Waals surface area contributed by atoms with E-state index in [1.165, 1.54) is 6.07 Å². The van der Waals surface area contributed by atoms with Crippen LogP contribution in [-0.2, 0) is 4.79 Å². The lowest BCUT2D eigenvalue weighted by Gasteiger charge is -2.27. The van der Waals surface area contributed by atoms with Crippen molar-refractivity contribution >= 4 is 11.6 Å². The highest BCUT2D eigenvalue weighted by atomic mass is 19.1. The summed E-state index contributed by atoms with van der Waals surface area (Å²) in [5.41, 5.74) is 1.12. The Morgan fingerprint density at radius 2 is 2.28 bits per heavy atom. The second-order valence-electron chi connectivity index (χ2n) is 5.05. The molecule has 18 heavy (non-hydrogen) atoms. The van der Waals surface area contributed by atoms with Crippen LogP contribution in [0.15, 0.2) is 18.2 Å². The third-order valence-electron chi connectivity index (χ3n) is 3.38.